The first-order chi connectivity index (χ1) is 24.3. The van der Waals surface area contributed by atoms with Gasteiger partial charge in [-0.3, -0.25) is 0 Å². The molecule has 0 fully saturated rings. The molecule has 0 unspecified atom stereocenters. The standard InChI is InChI=1S/C47H93N2/c1-4-7-10-13-16-19-22-25-27-30-33-36-39-42-47-48(43-40-37-34-31-28-24-21-18-15-12-9-6-3)45-46-49(47)44-41-38-35-32-29-26-23-20-17-14-11-8-5-2/h45-46H,4-44H2,1-3H3/q+1. The number of aromatic nitrogens is 2. The first-order valence-electron chi connectivity index (χ1n) is 23.4. The zero-order valence-corrected chi connectivity index (χ0v) is 34.5. The van der Waals surface area contributed by atoms with Gasteiger partial charge in [-0.25, -0.2) is 9.13 Å². The average molecular weight is 686 g/mol. The van der Waals surface area contributed by atoms with Gasteiger partial charge in [0.05, 0.1) is 13.1 Å². The maximum absolute atomic E-state index is 2.65. The smallest absolute Gasteiger partial charge is 0.234 e. The molecule has 0 aliphatic carbocycles. The highest BCUT2D eigenvalue weighted by Crippen LogP contribution is 2.16. The summed E-state index contributed by atoms with van der Waals surface area (Å²) in [6.45, 7) is 9.41. The molecular formula is C47H93N2+. The largest absolute Gasteiger partial charge is 0.256 e. The molecule has 0 spiro atoms. The van der Waals surface area contributed by atoms with Crippen LogP contribution in [0.3, 0.4) is 0 Å². The third-order valence-electron chi connectivity index (χ3n) is 11.3. The van der Waals surface area contributed by atoms with E-state index in [1.54, 1.807) is 5.82 Å². The van der Waals surface area contributed by atoms with Gasteiger partial charge in [-0.1, -0.05) is 233 Å². The predicted molar refractivity (Wildman–Crippen MR) is 221 cm³/mol. The quantitative estimate of drug-likeness (QED) is 0.0479. The van der Waals surface area contributed by atoms with Crippen molar-refractivity contribution in [3.05, 3.63) is 18.2 Å². The van der Waals surface area contributed by atoms with E-state index in [2.05, 4.69) is 42.3 Å². The minimum absolute atomic E-state index is 1.23. The van der Waals surface area contributed by atoms with E-state index in [1.165, 1.54) is 264 Å². The van der Waals surface area contributed by atoms with E-state index < -0.39 is 0 Å². The Bertz CT molecular complexity index is 751. The van der Waals surface area contributed by atoms with Gasteiger partial charge in [0.1, 0.15) is 12.4 Å². The summed E-state index contributed by atoms with van der Waals surface area (Å²) in [6.07, 6.45) is 60.8. The van der Waals surface area contributed by atoms with Gasteiger partial charge >= 0.3 is 0 Å². The van der Waals surface area contributed by atoms with Crippen molar-refractivity contribution in [2.45, 2.75) is 284 Å². The molecule has 0 saturated carbocycles. The van der Waals surface area contributed by atoms with E-state index in [0.717, 1.165) is 0 Å². The Morgan fingerprint density at radius 2 is 0.633 bits per heavy atom. The Balaban J connectivity index is 2.28. The van der Waals surface area contributed by atoms with Gasteiger partial charge in [0.15, 0.2) is 0 Å². The first-order valence-corrected chi connectivity index (χ1v) is 23.4. The second-order valence-corrected chi connectivity index (χ2v) is 16.2. The summed E-state index contributed by atoms with van der Waals surface area (Å²) in [5.41, 5.74) is 0. The monoisotopic (exact) mass is 686 g/mol. The lowest BCUT2D eigenvalue weighted by Crippen LogP contribution is -2.37. The molecule has 2 nitrogen and oxygen atoms in total. The number of hydrogen-bond donors (Lipinski definition) is 0. The molecule has 1 rings (SSSR count). The molecule has 0 aliphatic rings. The van der Waals surface area contributed by atoms with Crippen LogP contribution >= 0.6 is 0 Å². The van der Waals surface area contributed by atoms with Crippen molar-refractivity contribution in [3.63, 3.8) is 0 Å². The van der Waals surface area contributed by atoms with Crippen molar-refractivity contribution in [1.29, 1.82) is 0 Å². The molecule has 1 heterocycles. The molecule has 0 saturated heterocycles. The molecule has 0 aliphatic heterocycles. The molecule has 1 aromatic heterocycles. The van der Waals surface area contributed by atoms with E-state index in [9.17, 15) is 0 Å². The number of nitrogens with zero attached hydrogens (tertiary/aromatic N) is 2. The molecule has 0 aromatic carbocycles. The normalized spacial score (nSPS) is 11.7. The molecule has 290 valence electrons. The van der Waals surface area contributed by atoms with Crippen LogP contribution in [0.5, 0.6) is 0 Å². The Labute approximate surface area is 310 Å². The molecule has 1 aromatic rings. The maximum Gasteiger partial charge on any atom is 0.256 e. The third kappa shape index (κ3) is 30.5. The molecule has 0 amide bonds. The zero-order valence-electron chi connectivity index (χ0n) is 34.5. The summed E-state index contributed by atoms with van der Waals surface area (Å²) in [6, 6.07) is 0. The van der Waals surface area contributed by atoms with Gasteiger partial charge in [-0.15, -0.1) is 0 Å². The van der Waals surface area contributed by atoms with Crippen LogP contribution in [-0.4, -0.2) is 4.57 Å². The highest BCUT2D eigenvalue weighted by Gasteiger charge is 2.16. The van der Waals surface area contributed by atoms with Crippen LogP contribution in [0.25, 0.3) is 0 Å². The SMILES string of the molecule is CCCCCCCCCCCCCCCc1n(CCCCCCCCCCCCCC)cc[n+]1CCCCCCCCCCCCCCC. The fraction of sp³-hybridized carbons (Fsp3) is 0.936. The van der Waals surface area contributed by atoms with Crippen LogP contribution in [0.4, 0.5) is 0 Å². The molecule has 49 heavy (non-hydrogen) atoms. The van der Waals surface area contributed by atoms with Crippen molar-refractivity contribution in [2.75, 3.05) is 0 Å². The summed E-state index contributed by atoms with van der Waals surface area (Å²) >= 11 is 0. The summed E-state index contributed by atoms with van der Waals surface area (Å²) in [7, 11) is 0. The van der Waals surface area contributed by atoms with Crippen LogP contribution in [0, 0.1) is 0 Å². The van der Waals surface area contributed by atoms with E-state index in [1.807, 2.05) is 0 Å². The zero-order chi connectivity index (χ0) is 35.1. The molecule has 2 heteroatoms. The molecule has 0 N–H and O–H groups in total. The Kier molecular flexibility index (Phi) is 36.3. The topological polar surface area (TPSA) is 8.81 Å². The highest BCUT2D eigenvalue weighted by atomic mass is 15.1. The fourth-order valence-electron chi connectivity index (χ4n) is 7.92. The second-order valence-electron chi connectivity index (χ2n) is 16.2. The number of imidazole rings is 1. The van der Waals surface area contributed by atoms with E-state index in [0.29, 0.717) is 0 Å². The Hall–Kier alpha value is -0.790. The fourth-order valence-corrected chi connectivity index (χ4v) is 7.92. The predicted octanol–water partition coefficient (Wildman–Crippen LogP) is 16.2. The van der Waals surface area contributed by atoms with Crippen LogP contribution in [0.15, 0.2) is 12.4 Å². The lowest BCUT2D eigenvalue weighted by atomic mass is 10.0. The van der Waals surface area contributed by atoms with Gasteiger partial charge in [0, 0.05) is 6.42 Å². The Morgan fingerprint density at radius 3 is 0.980 bits per heavy atom. The van der Waals surface area contributed by atoms with Crippen LogP contribution in [0.2, 0.25) is 0 Å². The number of aryl methyl sites for hydroxylation is 2. The van der Waals surface area contributed by atoms with Gasteiger partial charge in [-0.2, -0.15) is 0 Å². The van der Waals surface area contributed by atoms with Crippen molar-refractivity contribution < 1.29 is 4.57 Å². The Morgan fingerprint density at radius 1 is 0.347 bits per heavy atom. The minimum atomic E-state index is 1.23. The molecule has 0 radical (unpaired) electrons. The maximum atomic E-state index is 2.65. The lowest BCUT2D eigenvalue weighted by molar-refractivity contribution is -0.704. The molecular weight excluding hydrogens is 593 g/mol. The second kappa shape index (κ2) is 38.4. The summed E-state index contributed by atoms with van der Waals surface area (Å²) in [5, 5.41) is 0. The molecule has 0 bridgehead atoms. The minimum Gasteiger partial charge on any atom is -0.234 e. The third-order valence-corrected chi connectivity index (χ3v) is 11.3. The van der Waals surface area contributed by atoms with Crippen molar-refractivity contribution in [2.24, 2.45) is 0 Å². The van der Waals surface area contributed by atoms with Crippen LogP contribution in [-0.2, 0) is 19.5 Å². The van der Waals surface area contributed by atoms with Crippen LogP contribution in [0.1, 0.15) is 271 Å². The summed E-state index contributed by atoms with van der Waals surface area (Å²) < 4.78 is 5.30. The van der Waals surface area contributed by atoms with Gasteiger partial charge in [0.25, 0.3) is 5.82 Å². The lowest BCUT2D eigenvalue weighted by Gasteiger charge is -2.07. The number of unbranched alkanes of at least 4 members (excludes halogenated alkanes) is 35. The summed E-state index contributed by atoms with van der Waals surface area (Å²) in [5.74, 6) is 1.63. The number of rotatable bonds is 41. The van der Waals surface area contributed by atoms with Gasteiger partial charge < -0.3 is 0 Å². The van der Waals surface area contributed by atoms with Crippen molar-refractivity contribution in [1.82, 2.24) is 4.57 Å². The average Bonchev–Trinajstić information content (AvgIpc) is 3.50. The van der Waals surface area contributed by atoms with E-state index >= 15 is 0 Å². The van der Waals surface area contributed by atoms with Crippen molar-refractivity contribution >= 4 is 0 Å². The van der Waals surface area contributed by atoms with Gasteiger partial charge in [0.2, 0.25) is 0 Å². The molecule has 0 atom stereocenters. The van der Waals surface area contributed by atoms with Crippen LogP contribution < -0.4 is 4.57 Å². The van der Waals surface area contributed by atoms with Gasteiger partial charge in [-0.05, 0) is 32.1 Å². The van der Waals surface area contributed by atoms with E-state index in [-0.39, 0.29) is 0 Å². The summed E-state index contributed by atoms with van der Waals surface area (Å²) in [4.78, 5) is 0. The highest BCUT2D eigenvalue weighted by molar-refractivity contribution is 4.84. The first kappa shape index (κ1) is 46.2. The number of hydrogen-bond acceptors (Lipinski definition) is 0. The van der Waals surface area contributed by atoms with Crippen molar-refractivity contribution in [3.8, 4) is 0 Å². The van der Waals surface area contributed by atoms with E-state index in [4.69, 9.17) is 0 Å².